The van der Waals surface area contributed by atoms with Crippen molar-refractivity contribution in [3.05, 3.63) is 45.6 Å². The number of hydrogen-bond acceptors (Lipinski definition) is 1. The summed E-state index contributed by atoms with van der Waals surface area (Å²) in [6.07, 6.45) is 0. The summed E-state index contributed by atoms with van der Waals surface area (Å²) in [5.74, 6) is -0.338. The third-order valence-corrected chi connectivity index (χ3v) is 3.40. The maximum absolute atomic E-state index is 13.2. The van der Waals surface area contributed by atoms with E-state index in [-0.39, 0.29) is 5.82 Å². The lowest BCUT2D eigenvalue weighted by atomic mass is 10.1. The third-order valence-electron chi connectivity index (χ3n) is 2.46. The van der Waals surface area contributed by atoms with Gasteiger partial charge in [-0.15, -0.1) is 0 Å². The summed E-state index contributed by atoms with van der Waals surface area (Å²) in [5.41, 5.74) is 1.16. The normalized spacial score (nSPS) is 11.4. The summed E-state index contributed by atoms with van der Waals surface area (Å²) in [5, 5.41) is 2.22. The van der Waals surface area contributed by atoms with Crippen molar-refractivity contribution in [3.63, 3.8) is 0 Å². The lowest BCUT2D eigenvalue weighted by Gasteiger charge is -1.95. The first-order valence-electron chi connectivity index (χ1n) is 4.62. The van der Waals surface area contributed by atoms with E-state index in [9.17, 15) is 4.39 Å². The molecule has 1 heterocycles. The van der Waals surface area contributed by atoms with Crippen LogP contribution in [0.3, 0.4) is 0 Å². The van der Waals surface area contributed by atoms with Crippen LogP contribution < -0.4 is 0 Å². The summed E-state index contributed by atoms with van der Waals surface area (Å²) < 4.78 is 19.4. The number of benzene rings is 2. The number of fused-ring (bicyclic) bond motifs is 3. The lowest BCUT2D eigenvalue weighted by Crippen LogP contribution is -1.75. The molecule has 0 aliphatic rings. The third kappa shape index (κ3) is 1.35. The number of halogens is 3. The monoisotopic (exact) mass is 298 g/mol. The van der Waals surface area contributed by atoms with E-state index in [4.69, 9.17) is 16.0 Å². The predicted molar refractivity (Wildman–Crippen MR) is 66.4 cm³/mol. The molecule has 80 valence electrons. The van der Waals surface area contributed by atoms with E-state index in [0.29, 0.717) is 20.7 Å². The Morgan fingerprint density at radius 1 is 1.12 bits per heavy atom. The van der Waals surface area contributed by atoms with Crippen LogP contribution in [0.5, 0.6) is 0 Å². The van der Waals surface area contributed by atoms with Gasteiger partial charge in [-0.25, -0.2) is 4.39 Å². The van der Waals surface area contributed by atoms with E-state index in [1.165, 1.54) is 12.1 Å². The van der Waals surface area contributed by atoms with Crippen molar-refractivity contribution in [3.8, 4) is 0 Å². The van der Waals surface area contributed by atoms with Crippen LogP contribution in [0.2, 0.25) is 5.02 Å². The molecular formula is C12H5BrClFO. The quantitative estimate of drug-likeness (QED) is 0.560. The Balaban J connectivity index is 2.63. The van der Waals surface area contributed by atoms with Crippen molar-refractivity contribution in [2.24, 2.45) is 0 Å². The van der Waals surface area contributed by atoms with Gasteiger partial charge in [0, 0.05) is 21.3 Å². The van der Waals surface area contributed by atoms with Gasteiger partial charge in [-0.3, -0.25) is 0 Å². The Labute approximate surface area is 104 Å². The van der Waals surface area contributed by atoms with Crippen molar-refractivity contribution in [1.82, 2.24) is 0 Å². The molecule has 4 heteroatoms. The van der Waals surface area contributed by atoms with Crippen LogP contribution in [0.15, 0.2) is 39.2 Å². The summed E-state index contributed by atoms with van der Waals surface area (Å²) in [6.45, 7) is 0. The molecule has 16 heavy (non-hydrogen) atoms. The van der Waals surface area contributed by atoms with E-state index in [1.807, 2.05) is 6.07 Å². The summed E-state index contributed by atoms with van der Waals surface area (Å²) in [7, 11) is 0. The molecule has 0 N–H and O–H groups in total. The molecule has 0 unspecified atom stereocenters. The number of furan rings is 1. The second kappa shape index (κ2) is 3.47. The highest BCUT2D eigenvalue weighted by atomic mass is 79.9. The van der Waals surface area contributed by atoms with Gasteiger partial charge in [0.2, 0.25) is 0 Å². The van der Waals surface area contributed by atoms with Crippen molar-refractivity contribution in [1.29, 1.82) is 0 Å². The summed E-state index contributed by atoms with van der Waals surface area (Å²) in [4.78, 5) is 0. The molecule has 0 bridgehead atoms. The standard InChI is InChI=1S/C12H5BrClFO/c13-7-4-6(15)5-10-11(7)12-8(14)2-1-3-9(12)16-10/h1-5H. The van der Waals surface area contributed by atoms with Gasteiger partial charge in [0.25, 0.3) is 0 Å². The molecule has 0 aliphatic heterocycles. The summed E-state index contributed by atoms with van der Waals surface area (Å²) >= 11 is 9.44. The Kier molecular flexibility index (Phi) is 2.19. The molecule has 3 aromatic rings. The first kappa shape index (κ1) is 10.1. The van der Waals surface area contributed by atoms with Crippen molar-refractivity contribution >= 4 is 49.5 Å². The zero-order valence-corrected chi connectivity index (χ0v) is 10.3. The smallest absolute Gasteiger partial charge is 0.139 e. The Morgan fingerprint density at radius 3 is 2.75 bits per heavy atom. The molecular weight excluding hydrogens is 294 g/mol. The van der Waals surface area contributed by atoms with Crippen LogP contribution in [0.4, 0.5) is 4.39 Å². The molecule has 1 nitrogen and oxygen atoms in total. The molecule has 0 radical (unpaired) electrons. The number of rotatable bonds is 0. The van der Waals surface area contributed by atoms with Gasteiger partial charge in [0.05, 0.1) is 5.02 Å². The largest absolute Gasteiger partial charge is 0.456 e. The fourth-order valence-corrected chi connectivity index (χ4v) is 2.70. The van der Waals surface area contributed by atoms with Gasteiger partial charge in [-0.2, -0.15) is 0 Å². The average molecular weight is 300 g/mol. The molecule has 0 saturated carbocycles. The first-order valence-corrected chi connectivity index (χ1v) is 5.79. The van der Waals surface area contributed by atoms with E-state index >= 15 is 0 Å². The molecule has 2 aromatic carbocycles. The minimum atomic E-state index is -0.338. The molecule has 0 atom stereocenters. The SMILES string of the molecule is Fc1cc(Br)c2c(c1)oc1cccc(Cl)c12. The molecule has 0 aliphatic carbocycles. The molecule has 1 aromatic heterocycles. The Hall–Kier alpha value is -1.06. The molecule has 0 saturated heterocycles. The van der Waals surface area contributed by atoms with Crippen LogP contribution in [0.25, 0.3) is 21.9 Å². The second-order valence-electron chi connectivity index (χ2n) is 3.48. The molecule has 3 rings (SSSR count). The highest BCUT2D eigenvalue weighted by Gasteiger charge is 2.13. The van der Waals surface area contributed by atoms with E-state index in [2.05, 4.69) is 15.9 Å². The average Bonchev–Trinajstić information content (AvgIpc) is 2.56. The van der Waals surface area contributed by atoms with Crippen LogP contribution >= 0.6 is 27.5 Å². The topological polar surface area (TPSA) is 13.1 Å². The van der Waals surface area contributed by atoms with E-state index in [1.54, 1.807) is 12.1 Å². The van der Waals surface area contributed by atoms with Gasteiger partial charge >= 0.3 is 0 Å². The highest BCUT2D eigenvalue weighted by Crippen LogP contribution is 2.38. The zero-order chi connectivity index (χ0) is 11.3. The highest BCUT2D eigenvalue weighted by molar-refractivity contribution is 9.10. The lowest BCUT2D eigenvalue weighted by molar-refractivity contribution is 0.617. The predicted octanol–water partition coefficient (Wildman–Crippen LogP) is 5.14. The van der Waals surface area contributed by atoms with Crippen molar-refractivity contribution in [2.75, 3.05) is 0 Å². The number of hydrogen-bond donors (Lipinski definition) is 0. The van der Waals surface area contributed by atoms with Crippen LogP contribution in [-0.4, -0.2) is 0 Å². The van der Waals surface area contributed by atoms with Crippen LogP contribution in [0.1, 0.15) is 0 Å². The maximum atomic E-state index is 13.2. The maximum Gasteiger partial charge on any atom is 0.139 e. The zero-order valence-electron chi connectivity index (χ0n) is 7.93. The Morgan fingerprint density at radius 2 is 1.94 bits per heavy atom. The molecule has 0 fully saturated rings. The summed E-state index contributed by atoms with van der Waals surface area (Å²) in [6, 6.07) is 8.16. The van der Waals surface area contributed by atoms with Gasteiger partial charge in [0.15, 0.2) is 0 Å². The fourth-order valence-electron chi connectivity index (χ4n) is 1.82. The van der Waals surface area contributed by atoms with Crippen LogP contribution in [0, 0.1) is 5.82 Å². The van der Waals surface area contributed by atoms with Crippen LogP contribution in [-0.2, 0) is 0 Å². The Bertz CT molecular complexity index is 705. The van der Waals surface area contributed by atoms with Gasteiger partial charge in [-0.1, -0.05) is 17.7 Å². The van der Waals surface area contributed by atoms with Gasteiger partial charge < -0.3 is 4.42 Å². The van der Waals surface area contributed by atoms with Crippen molar-refractivity contribution < 1.29 is 8.81 Å². The first-order chi connectivity index (χ1) is 7.66. The molecule has 0 spiro atoms. The molecule has 0 amide bonds. The minimum absolute atomic E-state index is 0.338. The minimum Gasteiger partial charge on any atom is -0.456 e. The van der Waals surface area contributed by atoms with Gasteiger partial charge in [-0.05, 0) is 34.1 Å². The van der Waals surface area contributed by atoms with E-state index in [0.717, 1.165) is 10.8 Å². The van der Waals surface area contributed by atoms with Gasteiger partial charge in [0.1, 0.15) is 17.0 Å². The second-order valence-corrected chi connectivity index (χ2v) is 4.74. The fraction of sp³-hybridized carbons (Fsp3) is 0. The van der Waals surface area contributed by atoms with E-state index < -0.39 is 0 Å². The van der Waals surface area contributed by atoms with Crippen molar-refractivity contribution in [2.45, 2.75) is 0 Å².